The van der Waals surface area contributed by atoms with Crippen molar-refractivity contribution in [1.29, 1.82) is 0 Å². The lowest BCUT2D eigenvalue weighted by molar-refractivity contribution is -0.126. The molecule has 0 atom stereocenters. The van der Waals surface area contributed by atoms with Crippen molar-refractivity contribution < 1.29 is 37.0 Å². The topological polar surface area (TPSA) is 120 Å². The number of anilines is 2. The monoisotopic (exact) mass is 445 g/mol. The summed E-state index contributed by atoms with van der Waals surface area (Å²) in [4.78, 5) is 35.6. The minimum absolute atomic E-state index is 0.0731. The summed E-state index contributed by atoms with van der Waals surface area (Å²) in [7, 11) is 1.29. The summed E-state index contributed by atoms with van der Waals surface area (Å²) >= 11 is 5.85. The van der Waals surface area contributed by atoms with Crippen molar-refractivity contribution in [1.82, 2.24) is 5.32 Å². The first kappa shape index (κ1) is 22.8. The molecular formula is C18H15ClF3N3O5. The molecule has 0 unspecified atom stereocenters. The quantitative estimate of drug-likeness (QED) is 0.341. The maximum atomic E-state index is 13.5. The second-order valence-corrected chi connectivity index (χ2v) is 6.11. The number of benzene rings is 2. The van der Waals surface area contributed by atoms with Gasteiger partial charge in [-0.25, -0.2) is 18.0 Å². The molecule has 0 heterocycles. The molecule has 0 aromatic heterocycles. The Kier molecular flexibility index (Phi) is 7.48. The van der Waals surface area contributed by atoms with Crippen LogP contribution in [0.15, 0.2) is 24.3 Å². The molecule has 0 fully saturated rings. The third kappa shape index (κ3) is 5.54. The highest BCUT2D eigenvalue weighted by molar-refractivity contribution is 6.33. The minimum Gasteiger partial charge on any atom is -0.496 e. The van der Waals surface area contributed by atoms with Gasteiger partial charge in [0.15, 0.2) is 24.1 Å². The van der Waals surface area contributed by atoms with E-state index in [0.717, 1.165) is 6.07 Å². The first-order valence-electron chi connectivity index (χ1n) is 8.14. The van der Waals surface area contributed by atoms with Gasteiger partial charge in [-0.2, -0.15) is 0 Å². The Balaban J connectivity index is 1.87. The lowest BCUT2D eigenvalue weighted by atomic mass is 10.2. The maximum absolute atomic E-state index is 13.5. The number of carbonyl (C=O) groups excluding carboxylic acids is 3. The third-order valence-electron chi connectivity index (χ3n) is 3.63. The largest absolute Gasteiger partial charge is 0.496 e. The van der Waals surface area contributed by atoms with Crippen molar-refractivity contribution in [3.05, 3.63) is 52.3 Å². The van der Waals surface area contributed by atoms with Crippen LogP contribution in [0.3, 0.4) is 0 Å². The van der Waals surface area contributed by atoms with E-state index in [0.29, 0.717) is 6.07 Å². The molecule has 0 saturated heterocycles. The van der Waals surface area contributed by atoms with Gasteiger partial charge in [0.25, 0.3) is 5.91 Å². The van der Waals surface area contributed by atoms with Gasteiger partial charge in [-0.05, 0) is 18.2 Å². The van der Waals surface area contributed by atoms with Crippen LogP contribution in [0.2, 0.25) is 5.02 Å². The summed E-state index contributed by atoms with van der Waals surface area (Å²) in [5, 5.41) is 4.15. The molecule has 8 nitrogen and oxygen atoms in total. The van der Waals surface area contributed by atoms with E-state index in [1.807, 2.05) is 5.32 Å². The Morgan fingerprint density at radius 1 is 1.10 bits per heavy atom. The number of carbonyl (C=O) groups is 3. The molecule has 0 saturated carbocycles. The second kappa shape index (κ2) is 9.83. The molecule has 30 heavy (non-hydrogen) atoms. The Labute approximate surface area is 173 Å². The SMILES string of the molecule is COc1cc(N)c(Cl)cc1C(=O)OCC(=O)NCC(=O)Nc1ccc(F)c(F)c1F. The fourth-order valence-electron chi connectivity index (χ4n) is 2.15. The summed E-state index contributed by atoms with van der Waals surface area (Å²) in [6.45, 7) is -1.40. The standard InChI is InChI=1S/C18H15ClF3N3O5/c1-29-13-5-11(23)9(19)4-8(13)18(28)30-7-15(27)24-6-14(26)25-12-3-2-10(20)16(21)17(12)22/h2-5H,6-7,23H2,1H3,(H,24,27)(H,25,26). The molecule has 0 aliphatic carbocycles. The van der Waals surface area contributed by atoms with Gasteiger partial charge in [-0.1, -0.05) is 11.6 Å². The summed E-state index contributed by atoms with van der Waals surface area (Å²) < 4.78 is 49.3. The lowest BCUT2D eigenvalue weighted by Crippen LogP contribution is -2.35. The van der Waals surface area contributed by atoms with Crippen LogP contribution in [-0.2, 0) is 14.3 Å². The molecule has 2 amide bonds. The lowest BCUT2D eigenvalue weighted by Gasteiger charge is -2.11. The van der Waals surface area contributed by atoms with Crippen LogP contribution in [-0.4, -0.2) is 38.0 Å². The molecular weight excluding hydrogens is 431 g/mol. The molecule has 12 heteroatoms. The van der Waals surface area contributed by atoms with Crippen LogP contribution in [0, 0.1) is 17.5 Å². The Morgan fingerprint density at radius 3 is 2.47 bits per heavy atom. The number of nitrogens with one attached hydrogen (secondary N) is 2. The molecule has 2 aromatic carbocycles. The van der Waals surface area contributed by atoms with Gasteiger partial charge in [0.05, 0.1) is 30.1 Å². The molecule has 0 aliphatic heterocycles. The maximum Gasteiger partial charge on any atom is 0.342 e. The molecule has 0 bridgehead atoms. The number of amides is 2. The fourth-order valence-corrected chi connectivity index (χ4v) is 2.32. The Morgan fingerprint density at radius 2 is 1.80 bits per heavy atom. The van der Waals surface area contributed by atoms with Crippen LogP contribution >= 0.6 is 11.6 Å². The van der Waals surface area contributed by atoms with E-state index in [1.54, 1.807) is 0 Å². The van der Waals surface area contributed by atoms with E-state index in [-0.39, 0.29) is 22.0 Å². The van der Waals surface area contributed by atoms with E-state index in [2.05, 4.69) is 5.32 Å². The molecule has 2 rings (SSSR count). The van der Waals surface area contributed by atoms with Crippen molar-refractivity contribution >= 4 is 40.8 Å². The van der Waals surface area contributed by atoms with E-state index in [9.17, 15) is 27.6 Å². The number of halogens is 4. The summed E-state index contributed by atoms with van der Waals surface area (Å²) in [5.74, 6) is -7.38. The number of methoxy groups -OCH3 is 1. The van der Waals surface area contributed by atoms with Gasteiger partial charge in [-0.15, -0.1) is 0 Å². The average molecular weight is 446 g/mol. The van der Waals surface area contributed by atoms with Crippen molar-refractivity contribution in [2.75, 3.05) is 31.3 Å². The number of nitrogen functional groups attached to an aromatic ring is 1. The van der Waals surface area contributed by atoms with Gasteiger partial charge >= 0.3 is 5.97 Å². The number of nitrogens with two attached hydrogens (primary N) is 1. The minimum atomic E-state index is -1.75. The molecule has 4 N–H and O–H groups in total. The number of hydrogen-bond acceptors (Lipinski definition) is 6. The van der Waals surface area contributed by atoms with Gasteiger partial charge in [0.1, 0.15) is 11.3 Å². The number of ether oxygens (including phenoxy) is 2. The van der Waals surface area contributed by atoms with Crippen molar-refractivity contribution in [2.45, 2.75) is 0 Å². The first-order chi connectivity index (χ1) is 14.1. The van der Waals surface area contributed by atoms with E-state index in [4.69, 9.17) is 26.8 Å². The summed E-state index contributed by atoms with van der Waals surface area (Å²) in [6, 6.07) is 3.96. The summed E-state index contributed by atoms with van der Waals surface area (Å²) in [5.41, 5.74) is 5.10. The van der Waals surface area contributed by atoms with Gasteiger partial charge in [-0.3, -0.25) is 9.59 Å². The van der Waals surface area contributed by atoms with Crippen LogP contribution in [0.5, 0.6) is 5.75 Å². The van der Waals surface area contributed by atoms with Crippen LogP contribution in [0.25, 0.3) is 0 Å². The van der Waals surface area contributed by atoms with Crippen molar-refractivity contribution in [3.8, 4) is 5.75 Å². The highest BCUT2D eigenvalue weighted by Gasteiger charge is 2.19. The number of rotatable bonds is 7. The first-order valence-corrected chi connectivity index (χ1v) is 8.52. The smallest absolute Gasteiger partial charge is 0.342 e. The molecule has 2 aromatic rings. The predicted octanol–water partition coefficient (Wildman–Crippen LogP) is 2.26. The molecule has 0 aliphatic rings. The highest BCUT2D eigenvalue weighted by atomic mass is 35.5. The van der Waals surface area contributed by atoms with Crippen LogP contribution in [0.1, 0.15) is 10.4 Å². The normalized spacial score (nSPS) is 10.3. The fraction of sp³-hybridized carbons (Fsp3) is 0.167. The van der Waals surface area contributed by atoms with E-state index >= 15 is 0 Å². The van der Waals surface area contributed by atoms with Crippen LogP contribution < -0.4 is 21.1 Å². The van der Waals surface area contributed by atoms with E-state index < -0.39 is 54.1 Å². The highest BCUT2D eigenvalue weighted by Crippen LogP contribution is 2.29. The van der Waals surface area contributed by atoms with Crippen molar-refractivity contribution in [3.63, 3.8) is 0 Å². The third-order valence-corrected chi connectivity index (χ3v) is 3.96. The zero-order valence-electron chi connectivity index (χ0n) is 15.4. The molecule has 0 radical (unpaired) electrons. The Hall–Kier alpha value is -3.47. The van der Waals surface area contributed by atoms with Gasteiger partial charge in [0.2, 0.25) is 5.91 Å². The van der Waals surface area contributed by atoms with Crippen LogP contribution in [0.4, 0.5) is 24.5 Å². The number of esters is 1. The average Bonchev–Trinajstić information content (AvgIpc) is 2.72. The Bertz CT molecular complexity index is 1000. The summed E-state index contributed by atoms with van der Waals surface area (Å²) in [6.07, 6.45) is 0. The van der Waals surface area contributed by atoms with E-state index in [1.165, 1.54) is 19.2 Å². The van der Waals surface area contributed by atoms with Gasteiger partial charge in [0, 0.05) is 6.07 Å². The second-order valence-electron chi connectivity index (χ2n) is 5.70. The number of hydrogen-bond donors (Lipinski definition) is 3. The van der Waals surface area contributed by atoms with Crippen molar-refractivity contribution in [2.24, 2.45) is 0 Å². The zero-order chi connectivity index (χ0) is 22.4. The van der Waals surface area contributed by atoms with Gasteiger partial charge < -0.3 is 25.8 Å². The predicted molar refractivity (Wildman–Crippen MR) is 101 cm³/mol. The zero-order valence-corrected chi connectivity index (χ0v) is 16.1. The molecule has 160 valence electrons. The molecule has 0 spiro atoms.